The van der Waals surface area contributed by atoms with Crippen LogP contribution in [0.2, 0.25) is 0 Å². The Bertz CT molecular complexity index is 298. The van der Waals surface area contributed by atoms with Crippen molar-refractivity contribution in [1.29, 1.82) is 0 Å². The lowest BCUT2D eigenvalue weighted by molar-refractivity contribution is -0.147. The van der Waals surface area contributed by atoms with Gasteiger partial charge in [-0.25, -0.2) is 9.59 Å². The van der Waals surface area contributed by atoms with Crippen LogP contribution in [0.5, 0.6) is 0 Å². The maximum Gasteiger partial charge on any atom is 0.329 e. The fourth-order valence-electron chi connectivity index (χ4n) is 1.81. The summed E-state index contributed by atoms with van der Waals surface area (Å²) in [6, 6.07) is -0.233. The van der Waals surface area contributed by atoms with Crippen molar-refractivity contribution in [1.82, 2.24) is 9.80 Å². The summed E-state index contributed by atoms with van der Waals surface area (Å²) in [7, 11) is 0. The first-order valence-electron chi connectivity index (χ1n) is 5.79. The highest BCUT2D eigenvalue weighted by Crippen LogP contribution is 2.17. The molecule has 0 atom stereocenters. The van der Waals surface area contributed by atoms with E-state index in [9.17, 15) is 9.59 Å². The Balaban J connectivity index is 2.79. The van der Waals surface area contributed by atoms with E-state index in [2.05, 4.69) is 0 Å². The van der Waals surface area contributed by atoms with Crippen LogP contribution in [0.3, 0.4) is 0 Å². The smallest absolute Gasteiger partial charge is 0.329 e. The fraction of sp³-hybridized carbons (Fsp3) is 0.818. The van der Waals surface area contributed by atoms with E-state index in [4.69, 9.17) is 9.84 Å². The number of rotatable bonds is 3. The van der Waals surface area contributed by atoms with Gasteiger partial charge in [0.05, 0.1) is 13.2 Å². The normalized spacial score (nSPS) is 16.8. The minimum absolute atomic E-state index is 0.233. The number of aliphatic carboxylic acids is 1. The lowest BCUT2D eigenvalue weighted by Crippen LogP contribution is -2.58. The molecule has 0 bridgehead atoms. The van der Waals surface area contributed by atoms with Crippen molar-refractivity contribution < 1.29 is 19.4 Å². The average molecular weight is 244 g/mol. The monoisotopic (exact) mass is 244 g/mol. The molecule has 1 heterocycles. The minimum Gasteiger partial charge on any atom is -0.480 e. The summed E-state index contributed by atoms with van der Waals surface area (Å²) in [6.45, 7) is 7.29. The number of carboxylic acid groups (broad SMARTS) is 1. The van der Waals surface area contributed by atoms with Gasteiger partial charge in [-0.05, 0) is 20.8 Å². The van der Waals surface area contributed by atoms with E-state index in [0.717, 1.165) is 0 Å². The molecular weight excluding hydrogens is 224 g/mol. The van der Waals surface area contributed by atoms with Gasteiger partial charge in [-0.15, -0.1) is 0 Å². The number of carbonyl (C=O) groups is 2. The highest BCUT2D eigenvalue weighted by molar-refractivity contribution is 5.85. The zero-order chi connectivity index (χ0) is 13.1. The van der Waals surface area contributed by atoms with Gasteiger partial charge < -0.3 is 19.6 Å². The first-order chi connectivity index (χ1) is 7.91. The molecule has 2 amide bonds. The van der Waals surface area contributed by atoms with Crippen molar-refractivity contribution in [3.8, 4) is 0 Å². The highest BCUT2D eigenvalue weighted by atomic mass is 16.5. The molecule has 1 N–H and O–H groups in total. The fourth-order valence-corrected chi connectivity index (χ4v) is 1.81. The summed E-state index contributed by atoms with van der Waals surface area (Å²) in [6.07, 6.45) is 0. The SMILES string of the molecule is CCN(C(=O)N1CCOCC1)C(C)(C)C(=O)O. The molecule has 1 saturated heterocycles. The second-order valence-corrected chi connectivity index (χ2v) is 4.49. The Morgan fingerprint density at radius 1 is 1.35 bits per heavy atom. The van der Waals surface area contributed by atoms with Crippen molar-refractivity contribution >= 4 is 12.0 Å². The molecule has 1 aliphatic rings. The molecule has 0 aromatic carbocycles. The van der Waals surface area contributed by atoms with Crippen molar-refractivity contribution in [2.75, 3.05) is 32.8 Å². The predicted octanol–water partition coefficient (Wildman–Crippen LogP) is 0.624. The summed E-state index contributed by atoms with van der Waals surface area (Å²) >= 11 is 0. The summed E-state index contributed by atoms with van der Waals surface area (Å²) in [5.74, 6) is -0.999. The summed E-state index contributed by atoms with van der Waals surface area (Å²) < 4.78 is 5.17. The van der Waals surface area contributed by atoms with Crippen molar-refractivity contribution in [2.24, 2.45) is 0 Å². The second kappa shape index (κ2) is 5.35. The van der Waals surface area contributed by atoms with Crippen molar-refractivity contribution in [3.05, 3.63) is 0 Å². The van der Waals surface area contributed by atoms with Crippen LogP contribution in [0.1, 0.15) is 20.8 Å². The van der Waals surface area contributed by atoms with E-state index in [-0.39, 0.29) is 6.03 Å². The molecule has 0 aromatic rings. The Morgan fingerprint density at radius 3 is 2.29 bits per heavy atom. The molecule has 0 radical (unpaired) electrons. The summed E-state index contributed by atoms with van der Waals surface area (Å²) in [5.41, 5.74) is -1.19. The number of likely N-dealkylation sites (N-methyl/N-ethyl adjacent to an activating group) is 1. The van der Waals surface area contributed by atoms with E-state index < -0.39 is 11.5 Å². The van der Waals surface area contributed by atoms with Gasteiger partial charge in [0.25, 0.3) is 0 Å². The van der Waals surface area contributed by atoms with Gasteiger partial charge >= 0.3 is 12.0 Å². The third-order valence-electron chi connectivity index (χ3n) is 3.03. The van der Waals surface area contributed by atoms with Crippen LogP contribution in [0.15, 0.2) is 0 Å². The first-order valence-corrected chi connectivity index (χ1v) is 5.79. The zero-order valence-electron chi connectivity index (χ0n) is 10.6. The Labute approximate surface area is 101 Å². The third kappa shape index (κ3) is 2.88. The molecule has 0 aliphatic carbocycles. The van der Waals surface area contributed by atoms with Crippen LogP contribution in [0.4, 0.5) is 4.79 Å². The standard InChI is InChI=1S/C11H20N2O4/c1-4-13(11(2,3)9(14)15)10(16)12-5-7-17-8-6-12/h4-8H2,1-3H3,(H,14,15). The zero-order valence-corrected chi connectivity index (χ0v) is 10.6. The number of hydrogen-bond acceptors (Lipinski definition) is 3. The number of hydrogen-bond donors (Lipinski definition) is 1. The summed E-state index contributed by atoms with van der Waals surface area (Å²) in [4.78, 5) is 26.4. The predicted molar refractivity (Wildman–Crippen MR) is 61.9 cm³/mol. The van der Waals surface area contributed by atoms with Gasteiger partial charge in [0.2, 0.25) is 0 Å². The molecule has 0 unspecified atom stereocenters. The van der Waals surface area contributed by atoms with Gasteiger partial charge in [0, 0.05) is 19.6 Å². The molecule has 6 heteroatoms. The van der Waals surface area contributed by atoms with Crippen LogP contribution < -0.4 is 0 Å². The van der Waals surface area contributed by atoms with Gasteiger partial charge in [-0.1, -0.05) is 0 Å². The van der Waals surface area contributed by atoms with Crippen LogP contribution in [-0.4, -0.2) is 65.3 Å². The lowest BCUT2D eigenvalue weighted by Gasteiger charge is -2.39. The maximum atomic E-state index is 12.2. The number of morpholine rings is 1. The number of nitrogens with zero attached hydrogens (tertiary/aromatic N) is 2. The molecule has 1 aliphatic heterocycles. The summed E-state index contributed by atoms with van der Waals surface area (Å²) in [5, 5.41) is 9.15. The molecule has 1 fully saturated rings. The first kappa shape index (κ1) is 13.8. The average Bonchev–Trinajstić information content (AvgIpc) is 2.30. The van der Waals surface area contributed by atoms with E-state index in [1.807, 2.05) is 0 Å². The Hall–Kier alpha value is -1.30. The Kier molecular flexibility index (Phi) is 4.34. The van der Waals surface area contributed by atoms with Crippen LogP contribution in [0.25, 0.3) is 0 Å². The number of amides is 2. The number of urea groups is 1. The molecule has 0 saturated carbocycles. The van der Waals surface area contributed by atoms with Crippen LogP contribution in [0, 0.1) is 0 Å². The second-order valence-electron chi connectivity index (χ2n) is 4.49. The Morgan fingerprint density at radius 2 is 1.88 bits per heavy atom. The molecule has 0 aromatic heterocycles. The third-order valence-corrected chi connectivity index (χ3v) is 3.03. The number of ether oxygens (including phenoxy) is 1. The minimum atomic E-state index is -1.19. The van der Waals surface area contributed by atoms with E-state index in [1.54, 1.807) is 11.8 Å². The quantitative estimate of drug-likeness (QED) is 0.790. The van der Waals surface area contributed by atoms with Gasteiger partial charge in [-0.3, -0.25) is 0 Å². The van der Waals surface area contributed by atoms with Gasteiger partial charge in [0.1, 0.15) is 5.54 Å². The molecule has 1 rings (SSSR count). The van der Waals surface area contributed by atoms with Crippen molar-refractivity contribution in [2.45, 2.75) is 26.3 Å². The van der Waals surface area contributed by atoms with E-state index in [1.165, 1.54) is 18.7 Å². The molecule has 17 heavy (non-hydrogen) atoms. The van der Waals surface area contributed by atoms with Gasteiger partial charge in [-0.2, -0.15) is 0 Å². The van der Waals surface area contributed by atoms with E-state index >= 15 is 0 Å². The molecule has 6 nitrogen and oxygen atoms in total. The highest BCUT2D eigenvalue weighted by Gasteiger charge is 2.38. The lowest BCUT2D eigenvalue weighted by atomic mass is 10.0. The van der Waals surface area contributed by atoms with Crippen molar-refractivity contribution in [3.63, 3.8) is 0 Å². The van der Waals surface area contributed by atoms with Crippen LogP contribution >= 0.6 is 0 Å². The molecule has 98 valence electrons. The maximum absolute atomic E-state index is 12.2. The molecular formula is C11H20N2O4. The largest absolute Gasteiger partial charge is 0.480 e. The molecule has 0 spiro atoms. The van der Waals surface area contributed by atoms with Gasteiger partial charge in [0.15, 0.2) is 0 Å². The van der Waals surface area contributed by atoms with Crippen LogP contribution in [-0.2, 0) is 9.53 Å². The number of carboxylic acids is 1. The van der Waals surface area contributed by atoms with E-state index in [0.29, 0.717) is 32.8 Å². The topological polar surface area (TPSA) is 70.1 Å². The number of carbonyl (C=O) groups excluding carboxylic acids is 1.